The van der Waals surface area contributed by atoms with Crippen LogP contribution < -0.4 is 9.79 Å². The van der Waals surface area contributed by atoms with Gasteiger partial charge in [0.1, 0.15) is 0 Å². The van der Waals surface area contributed by atoms with Gasteiger partial charge in [-0.25, -0.2) is 0 Å². The monoisotopic (exact) mass is 246 g/mol. The second-order valence-electron chi connectivity index (χ2n) is 0.641. The van der Waals surface area contributed by atoms with Crippen LogP contribution in [0.3, 0.4) is 0 Å². The van der Waals surface area contributed by atoms with Crippen LogP contribution in [0.4, 0.5) is 0 Å². The van der Waals surface area contributed by atoms with Crippen molar-refractivity contribution in [3.8, 4) is 0 Å². The van der Waals surface area contributed by atoms with Gasteiger partial charge < -0.3 is 14.3 Å². The van der Waals surface area contributed by atoms with Crippen molar-refractivity contribution in [3.05, 3.63) is 0 Å². The maximum Gasteiger partial charge on any atom is 2.00 e. The first-order valence-corrected chi connectivity index (χ1v) is 2.64. The molecular weight excluding hydrogens is 240 g/mol. The van der Waals surface area contributed by atoms with Gasteiger partial charge >= 0.3 is 48.9 Å². The molecule has 0 N–H and O–H groups in total. The molecule has 0 aliphatic carbocycles. The van der Waals surface area contributed by atoms with Crippen molar-refractivity contribution in [2.24, 2.45) is 0 Å². The van der Waals surface area contributed by atoms with Crippen LogP contribution in [-0.2, 0) is 4.52 Å². The van der Waals surface area contributed by atoms with E-state index in [1.165, 1.54) is 0 Å². The van der Waals surface area contributed by atoms with Crippen LogP contribution in [0.2, 0.25) is 0 Å². The van der Waals surface area contributed by atoms with Crippen molar-refractivity contribution in [2.75, 3.05) is 6.61 Å². The molecule has 0 unspecified atom stereocenters. The maximum absolute atomic E-state index is 9.41. The van der Waals surface area contributed by atoms with Gasteiger partial charge in [-0.2, -0.15) is 8.60 Å². The summed E-state index contributed by atoms with van der Waals surface area (Å²) in [6, 6.07) is 0. The molecule has 3 nitrogen and oxygen atoms in total. The minimum atomic E-state index is -2.60. The van der Waals surface area contributed by atoms with Gasteiger partial charge in [-0.1, -0.05) is 0 Å². The Morgan fingerprint density at radius 3 is 2.00 bits per heavy atom. The number of hydrogen-bond donors (Lipinski definition) is 0. The molecule has 0 aromatic heterocycles. The van der Waals surface area contributed by atoms with E-state index in [-0.39, 0.29) is 55.5 Å². The molecule has 0 atom stereocenters. The molecule has 5 heteroatoms. The van der Waals surface area contributed by atoms with Crippen LogP contribution in [0.15, 0.2) is 0 Å². The minimum absolute atomic E-state index is 0. The predicted octanol–water partition coefficient (Wildman–Crippen LogP) is -1.41. The summed E-state index contributed by atoms with van der Waals surface area (Å²) < 4.78 is 4.00. The van der Waals surface area contributed by atoms with Gasteiger partial charge in [-0.3, -0.25) is 0 Å². The Morgan fingerprint density at radius 1 is 1.57 bits per heavy atom. The fourth-order valence-corrected chi connectivity index (χ4v) is 0.316. The normalized spacial score (nSPS) is 8.57. The van der Waals surface area contributed by atoms with Gasteiger partial charge in [0.05, 0.1) is 0 Å². The first-order valence-electron chi connectivity index (χ1n) is 1.54. The Labute approximate surface area is 84.1 Å². The van der Waals surface area contributed by atoms with Crippen molar-refractivity contribution in [3.63, 3.8) is 0 Å². The van der Waals surface area contributed by atoms with Crippen molar-refractivity contribution < 1.29 is 14.3 Å². The van der Waals surface area contributed by atoms with Gasteiger partial charge in [0, 0.05) is 6.61 Å². The fourth-order valence-electron chi connectivity index (χ4n) is 0.105. The summed E-state index contributed by atoms with van der Waals surface area (Å²) in [4.78, 5) is 18.8. The number of rotatable bonds is 2. The Morgan fingerprint density at radius 2 is 2.00 bits per heavy atom. The zero-order chi connectivity index (χ0) is 4.99. The quantitative estimate of drug-likeness (QED) is 0.444. The molecule has 38 valence electrons. The maximum atomic E-state index is 9.41. The van der Waals surface area contributed by atoms with E-state index in [2.05, 4.69) is 4.52 Å². The molecule has 0 aliphatic heterocycles. The van der Waals surface area contributed by atoms with E-state index in [0.717, 1.165) is 0 Å². The Bertz CT molecular complexity index is 34.1. The van der Waals surface area contributed by atoms with E-state index in [0.29, 0.717) is 0 Å². The zero-order valence-corrected chi connectivity index (χ0v) is 9.42. The molecule has 0 aromatic rings. The van der Waals surface area contributed by atoms with Crippen LogP contribution in [0.5, 0.6) is 0 Å². The Balaban J connectivity index is 0. The fraction of sp³-hybridized carbons (Fsp3) is 1.00. The smallest absolute Gasteiger partial charge is 0.820 e. The van der Waals surface area contributed by atoms with Gasteiger partial charge in [-0.05, 0) is 6.92 Å². The summed E-state index contributed by atoms with van der Waals surface area (Å²) in [5, 5.41) is 0. The van der Waals surface area contributed by atoms with Crippen LogP contribution in [0.1, 0.15) is 6.92 Å². The third-order valence-electron chi connectivity index (χ3n) is 0.235. The second-order valence-corrected chi connectivity index (χ2v) is 1.35. The summed E-state index contributed by atoms with van der Waals surface area (Å²) in [5.74, 6) is 0. The molecule has 0 aliphatic rings. The third kappa shape index (κ3) is 11.4. The summed E-state index contributed by atoms with van der Waals surface area (Å²) in [6.45, 7) is 1.85. The molecule has 0 bridgehead atoms. The Hall–Kier alpha value is 1.88. The van der Waals surface area contributed by atoms with Gasteiger partial charge in [0.2, 0.25) is 0 Å². The van der Waals surface area contributed by atoms with Crippen LogP contribution >= 0.6 is 8.60 Å². The van der Waals surface area contributed by atoms with E-state index in [1.807, 2.05) is 0 Å². The predicted molar refractivity (Wildman–Crippen MR) is 24.3 cm³/mol. The van der Waals surface area contributed by atoms with Gasteiger partial charge in [-0.15, -0.1) is 0 Å². The summed E-state index contributed by atoms with van der Waals surface area (Å²) in [5.41, 5.74) is 0. The summed E-state index contributed by atoms with van der Waals surface area (Å²) in [6.07, 6.45) is 0. The van der Waals surface area contributed by atoms with E-state index < -0.39 is 8.60 Å². The molecule has 0 spiro atoms. The largest absolute Gasteiger partial charge is 2.00 e. The van der Waals surface area contributed by atoms with Crippen molar-refractivity contribution >= 4 is 57.5 Å². The van der Waals surface area contributed by atoms with Crippen molar-refractivity contribution in [2.45, 2.75) is 6.92 Å². The van der Waals surface area contributed by atoms with E-state index in [9.17, 15) is 9.79 Å². The van der Waals surface area contributed by atoms with Crippen LogP contribution in [0.25, 0.3) is 0 Å². The van der Waals surface area contributed by atoms with Crippen molar-refractivity contribution in [1.82, 2.24) is 0 Å². The molecule has 0 rings (SSSR count). The number of hydrogen-bond acceptors (Lipinski definition) is 3. The first-order chi connectivity index (χ1) is 2.77. The Kier molecular flexibility index (Phi) is 13.1. The standard InChI is InChI=1S/C2H5O3P.Ba/c1-2-5-6(3)4;/h2H2,1H3;/q-2;+2. The SMILES string of the molecule is CCOP([O-])[O-].[Ba+2]. The molecule has 0 amide bonds. The van der Waals surface area contributed by atoms with E-state index >= 15 is 0 Å². The van der Waals surface area contributed by atoms with Crippen LogP contribution in [0, 0.1) is 0 Å². The minimum Gasteiger partial charge on any atom is -0.820 e. The van der Waals surface area contributed by atoms with E-state index in [1.54, 1.807) is 6.92 Å². The zero-order valence-electron chi connectivity index (χ0n) is 4.09. The average molecular weight is 245 g/mol. The topological polar surface area (TPSA) is 55.3 Å². The summed E-state index contributed by atoms with van der Waals surface area (Å²) >= 11 is 0. The van der Waals surface area contributed by atoms with E-state index in [4.69, 9.17) is 0 Å². The molecular formula is C2H5BaO3P. The molecule has 0 radical (unpaired) electrons. The molecule has 0 fully saturated rings. The second kappa shape index (κ2) is 7.88. The summed E-state index contributed by atoms with van der Waals surface area (Å²) in [7, 11) is -2.60. The molecule has 0 saturated carbocycles. The third-order valence-corrected chi connectivity index (χ3v) is 0.704. The van der Waals surface area contributed by atoms with Crippen LogP contribution in [-0.4, -0.2) is 55.5 Å². The first kappa shape index (κ1) is 11.7. The van der Waals surface area contributed by atoms with Gasteiger partial charge in [0.25, 0.3) is 0 Å². The van der Waals surface area contributed by atoms with Gasteiger partial charge in [0.15, 0.2) is 0 Å². The molecule has 0 heterocycles. The average Bonchev–Trinajstić information content (AvgIpc) is 1.35. The molecule has 0 aromatic carbocycles. The van der Waals surface area contributed by atoms with Crippen molar-refractivity contribution in [1.29, 1.82) is 0 Å². The molecule has 7 heavy (non-hydrogen) atoms. The molecule has 0 saturated heterocycles.